The minimum absolute atomic E-state index is 0.415. The Hall–Kier alpha value is -1.58. The predicted molar refractivity (Wildman–Crippen MR) is 97.1 cm³/mol. The molecule has 0 unspecified atom stereocenters. The van der Waals surface area contributed by atoms with E-state index >= 15 is 0 Å². The largest absolute Gasteiger partial charge is 0.496 e. The lowest BCUT2D eigenvalue weighted by molar-refractivity contribution is 0.152. The number of hydrogen-bond donors (Lipinski definition) is 1. The average molecular weight is 312 g/mol. The monoisotopic (exact) mass is 312 g/mol. The van der Waals surface area contributed by atoms with E-state index in [-0.39, 0.29) is 0 Å². The Labute approximate surface area is 139 Å². The quantitative estimate of drug-likeness (QED) is 0.908. The standard InChI is InChI=1S/C20H28N2O/c1-15(2)14-18(22-12-10-21-11-13-22)20-17-7-5-4-6-16(17)8-9-19(20)23-3/h4-9,15,18,21H,10-14H2,1-3H3/t18-/m0/s1. The van der Waals surface area contributed by atoms with Gasteiger partial charge >= 0.3 is 0 Å². The molecule has 2 aromatic rings. The van der Waals surface area contributed by atoms with Crippen molar-refractivity contribution >= 4 is 10.8 Å². The highest BCUT2D eigenvalue weighted by atomic mass is 16.5. The summed E-state index contributed by atoms with van der Waals surface area (Å²) in [5.74, 6) is 1.67. The van der Waals surface area contributed by atoms with Crippen molar-refractivity contribution in [2.75, 3.05) is 33.3 Å². The predicted octanol–water partition coefficient (Wildman–Crippen LogP) is 3.84. The van der Waals surface area contributed by atoms with E-state index in [9.17, 15) is 0 Å². The van der Waals surface area contributed by atoms with E-state index in [2.05, 4.69) is 60.5 Å². The van der Waals surface area contributed by atoms with Gasteiger partial charge in [0.25, 0.3) is 0 Å². The molecule has 1 aliphatic heterocycles. The summed E-state index contributed by atoms with van der Waals surface area (Å²) >= 11 is 0. The molecule has 0 bridgehead atoms. The maximum absolute atomic E-state index is 5.76. The number of rotatable bonds is 5. The molecule has 1 N–H and O–H groups in total. The molecule has 0 radical (unpaired) electrons. The molecule has 0 amide bonds. The van der Waals surface area contributed by atoms with Gasteiger partial charge in [-0.15, -0.1) is 0 Å². The van der Waals surface area contributed by atoms with Crippen LogP contribution in [0.2, 0.25) is 0 Å². The van der Waals surface area contributed by atoms with Crippen molar-refractivity contribution in [3.8, 4) is 5.75 Å². The molecule has 1 aliphatic rings. The van der Waals surface area contributed by atoms with Crippen molar-refractivity contribution in [1.82, 2.24) is 10.2 Å². The molecule has 3 rings (SSSR count). The van der Waals surface area contributed by atoms with Crippen molar-refractivity contribution < 1.29 is 4.74 Å². The van der Waals surface area contributed by atoms with Gasteiger partial charge in [-0.2, -0.15) is 0 Å². The Morgan fingerprint density at radius 2 is 1.83 bits per heavy atom. The molecule has 124 valence electrons. The molecule has 0 spiro atoms. The Balaban J connectivity index is 2.11. The van der Waals surface area contributed by atoms with Crippen LogP contribution in [0.25, 0.3) is 10.8 Å². The van der Waals surface area contributed by atoms with Crippen LogP contribution in [0.4, 0.5) is 0 Å². The average Bonchev–Trinajstić information content (AvgIpc) is 2.59. The molecule has 3 nitrogen and oxygen atoms in total. The first-order valence-corrected chi connectivity index (χ1v) is 8.71. The number of ether oxygens (including phenoxy) is 1. The van der Waals surface area contributed by atoms with E-state index in [4.69, 9.17) is 4.74 Å². The van der Waals surface area contributed by atoms with E-state index < -0.39 is 0 Å². The molecule has 1 saturated heterocycles. The number of nitrogens with zero attached hydrogens (tertiary/aromatic N) is 1. The second-order valence-electron chi connectivity index (χ2n) is 6.83. The highest BCUT2D eigenvalue weighted by Crippen LogP contribution is 2.39. The molecule has 0 saturated carbocycles. The van der Waals surface area contributed by atoms with Gasteiger partial charge in [-0.1, -0.05) is 44.2 Å². The Morgan fingerprint density at radius 1 is 1.09 bits per heavy atom. The smallest absolute Gasteiger partial charge is 0.124 e. The first kappa shape index (κ1) is 16.3. The van der Waals surface area contributed by atoms with Gasteiger partial charge in [0.2, 0.25) is 0 Å². The van der Waals surface area contributed by atoms with Gasteiger partial charge in [0.15, 0.2) is 0 Å². The summed E-state index contributed by atoms with van der Waals surface area (Å²) in [5, 5.41) is 6.10. The summed E-state index contributed by atoms with van der Waals surface area (Å²) in [6, 6.07) is 13.4. The van der Waals surface area contributed by atoms with Gasteiger partial charge in [-0.25, -0.2) is 0 Å². The molecule has 1 atom stereocenters. The molecule has 23 heavy (non-hydrogen) atoms. The molecule has 2 aromatic carbocycles. The normalized spacial score (nSPS) is 17.6. The van der Waals surface area contributed by atoms with Crippen LogP contribution in [0.15, 0.2) is 36.4 Å². The second-order valence-corrected chi connectivity index (χ2v) is 6.83. The lowest BCUT2D eigenvalue weighted by atomic mass is 9.90. The maximum atomic E-state index is 5.76. The van der Waals surface area contributed by atoms with Gasteiger partial charge in [0, 0.05) is 37.8 Å². The molecule has 0 aromatic heterocycles. The van der Waals surface area contributed by atoms with E-state index in [0.717, 1.165) is 38.3 Å². The van der Waals surface area contributed by atoms with Crippen LogP contribution in [-0.4, -0.2) is 38.2 Å². The van der Waals surface area contributed by atoms with Crippen molar-refractivity contribution in [2.24, 2.45) is 5.92 Å². The first-order chi connectivity index (χ1) is 11.2. The summed E-state index contributed by atoms with van der Waals surface area (Å²) in [4.78, 5) is 2.63. The van der Waals surface area contributed by atoms with Crippen molar-refractivity contribution in [3.63, 3.8) is 0 Å². The van der Waals surface area contributed by atoms with E-state index in [0.29, 0.717) is 12.0 Å². The number of fused-ring (bicyclic) bond motifs is 1. The summed E-state index contributed by atoms with van der Waals surface area (Å²) < 4.78 is 5.76. The number of nitrogens with one attached hydrogen (secondary N) is 1. The molecule has 1 heterocycles. The van der Waals surface area contributed by atoms with Crippen LogP contribution in [0.1, 0.15) is 31.9 Å². The zero-order valence-corrected chi connectivity index (χ0v) is 14.5. The Bertz CT molecular complexity index is 647. The summed E-state index contributed by atoms with van der Waals surface area (Å²) in [7, 11) is 1.79. The Morgan fingerprint density at radius 3 is 2.52 bits per heavy atom. The maximum Gasteiger partial charge on any atom is 0.124 e. The number of benzene rings is 2. The van der Waals surface area contributed by atoms with Crippen LogP contribution in [0, 0.1) is 5.92 Å². The summed E-state index contributed by atoms with van der Waals surface area (Å²) in [6.45, 7) is 8.97. The van der Waals surface area contributed by atoms with Crippen LogP contribution in [-0.2, 0) is 0 Å². The van der Waals surface area contributed by atoms with Crippen LogP contribution < -0.4 is 10.1 Å². The fourth-order valence-corrected chi connectivity index (χ4v) is 3.69. The number of piperazine rings is 1. The minimum Gasteiger partial charge on any atom is -0.496 e. The third-order valence-electron chi connectivity index (χ3n) is 4.77. The fraction of sp³-hybridized carbons (Fsp3) is 0.500. The van der Waals surface area contributed by atoms with Gasteiger partial charge < -0.3 is 10.1 Å². The fourth-order valence-electron chi connectivity index (χ4n) is 3.69. The van der Waals surface area contributed by atoms with Crippen LogP contribution in [0.5, 0.6) is 5.75 Å². The van der Waals surface area contributed by atoms with Crippen molar-refractivity contribution in [1.29, 1.82) is 0 Å². The van der Waals surface area contributed by atoms with Crippen molar-refractivity contribution in [3.05, 3.63) is 42.0 Å². The molecular formula is C20H28N2O. The van der Waals surface area contributed by atoms with Gasteiger partial charge in [-0.3, -0.25) is 4.90 Å². The second kappa shape index (κ2) is 7.33. The highest BCUT2D eigenvalue weighted by Gasteiger charge is 2.27. The summed E-state index contributed by atoms with van der Waals surface area (Å²) in [5.41, 5.74) is 1.36. The SMILES string of the molecule is COc1ccc2ccccc2c1[C@H](CC(C)C)N1CCNCC1. The molecule has 3 heteroatoms. The van der Waals surface area contributed by atoms with Crippen LogP contribution >= 0.6 is 0 Å². The third-order valence-corrected chi connectivity index (χ3v) is 4.77. The van der Waals surface area contributed by atoms with Gasteiger partial charge in [-0.05, 0) is 29.2 Å². The molecule has 0 aliphatic carbocycles. The third kappa shape index (κ3) is 3.51. The number of methoxy groups -OCH3 is 1. The highest BCUT2D eigenvalue weighted by molar-refractivity contribution is 5.88. The van der Waals surface area contributed by atoms with Crippen LogP contribution in [0.3, 0.4) is 0 Å². The molecular weight excluding hydrogens is 284 g/mol. The zero-order valence-electron chi connectivity index (χ0n) is 14.5. The first-order valence-electron chi connectivity index (χ1n) is 8.71. The lowest BCUT2D eigenvalue weighted by Gasteiger charge is -2.37. The van der Waals surface area contributed by atoms with Crippen molar-refractivity contribution in [2.45, 2.75) is 26.3 Å². The van der Waals surface area contributed by atoms with E-state index in [1.807, 2.05) is 0 Å². The zero-order chi connectivity index (χ0) is 16.2. The Kier molecular flexibility index (Phi) is 5.19. The van der Waals surface area contributed by atoms with Gasteiger partial charge in [0.1, 0.15) is 5.75 Å². The van der Waals surface area contributed by atoms with Gasteiger partial charge in [0.05, 0.1) is 7.11 Å². The minimum atomic E-state index is 0.415. The summed E-state index contributed by atoms with van der Waals surface area (Å²) in [6.07, 6.45) is 1.16. The topological polar surface area (TPSA) is 24.5 Å². The van der Waals surface area contributed by atoms with E-state index in [1.165, 1.54) is 16.3 Å². The number of hydrogen-bond acceptors (Lipinski definition) is 3. The lowest BCUT2D eigenvalue weighted by Crippen LogP contribution is -2.45. The van der Waals surface area contributed by atoms with E-state index in [1.54, 1.807) is 7.11 Å². The molecule has 1 fully saturated rings.